The topological polar surface area (TPSA) is 85.0 Å². The first-order chi connectivity index (χ1) is 10.2. The fraction of sp³-hybridized carbons (Fsp3) is 0.333. The van der Waals surface area contributed by atoms with Crippen LogP contribution in [0.5, 0.6) is 0 Å². The van der Waals surface area contributed by atoms with Gasteiger partial charge in [0.15, 0.2) is 0 Å². The van der Waals surface area contributed by atoms with Gasteiger partial charge in [-0.15, -0.1) is 0 Å². The van der Waals surface area contributed by atoms with Gasteiger partial charge >= 0.3 is 0 Å². The predicted octanol–water partition coefficient (Wildman–Crippen LogP) is 1.19. The van der Waals surface area contributed by atoms with Crippen LogP contribution in [0.1, 0.15) is 29.6 Å². The van der Waals surface area contributed by atoms with E-state index in [1.165, 1.54) is 11.1 Å². The van der Waals surface area contributed by atoms with E-state index in [9.17, 15) is 4.79 Å². The fourth-order valence-electron chi connectivity index (χ4n) is 2.76. The number of nitrogens with one attached hydrogen (secondary N) is 2. The van der Waals surface area contributed by atoms with Crippen molar-refractivity contribution in [3.8, 4) is 0 Å². The van der Waals surface area contributed by atoms with Gasteiger partial charge in [-0.05, 0) is 17.5 Å². The monoisotopic (exact) mass is 285 g/mol. The van der Waals surface area contributed by atoms with Crippen LogP contribution in [0.4, 0.5) is 5.69 Å². The lowest BCUT2D eigenvalue weighted by Crippen LogP contribution is -2.23. The van der Waals surface area contributed by atoms with Crippen molar-refractivity contribution in [3.05, 3.63) is 47.8 Å². The number of benzene rings is 1. The molecule has 0 radical (unpaired) electrons. The van der Waals surface area contributed by atoms with Gasteiger partial charge in [0.05, 0.1) is 17.9 Å². The summed E-state index contributed by atoms with van der Waals surface area (Å²) >= 11 is 0. The third-order valence-corrected chi connectivity index (χ3v) is 3.82. The summed E-state index contributed by atoms with van der Waals surface area (Å²) in [6.07, 6.45) is 4.43. The zero-order valence-electron chi connectivity index (χ0n) is 11.9. The number of carbonyl (C=O) groups is 1. The molecule has 2 aromatic rings. The lowest BCUT2D eigenvalue weighted by Gasteiger charge is -2.13. The second kappa shape index (κ2) is 5.57. The quantitative estimate of drug-likeness (QED) is 0.787. The lowest BCUT2D eigenvalue weighted by molar-refractivity contribution is -0.121. The second-order valence-electron chi connectivity index (χ2n) is 5.27. The maximum atomic E-state index is 11.3. The molecule has 6 heteroatoms. The summed E-state index contributed by atoms with van der Waals surface area (Å²) in [6.45, 7) is 0.221. The second-order valence-corrected chi connectivity index (χ2v) is 5.27. The van der Waals surface area contributed by atoms with E-state index >= 15 is 0 Å². The van der Waals surface area contributed by atoms with Crippen LogP contribution in [-0.2, 0) is 11.3 Å². The SMILES string of the molecule is CNC(=O)Cn1cc(NC2CC(N)c3ccccc32)cn1. The molecule has 0 saturated heterocycles. The largest absolute Gasteiger partial charge is 0.376 e. The van der Waals surface area contributed by atoms with Crippen LogP contribution in [0.3, 0.4) is 0 Å². The summed E-state index contributed by atoms with van der Waals surface area (Å²) < 4.78 is 1.61. The minimum atomic E-state index is -0.0714. The first-order valence-corrected chi connectivity index (χ1v) is 7.01. The zero-order valence-corrected chi connectivity index (χ0v) is 11.9. The van der Waals surface area contributed by atoms with Crippen LogP contribution in [-0.4, -0.2) is 22.7 Å². The number of aromatic nitrogens is 2. The summed E-state index contributed by atoms with van der Waals surface area (Å²) in [4.78, 5) is 11.3. The van der Waals surface area contributed by atoms with Crippen molar-refractivity contribution in [1.29, 1.82) is 0 Å². The van der Waals surface area contributed by atoms with E-state index in [1.807, 2.05) is 18.3 Å². The molecule has 2 atom stereocenters. The zero-order chi connectivity index (χ0) is 14.8. The molecule has 1 aromatic heterocycles. The Bertz CT molecular complexity index is 651. The molecule has 6 nitrogen and oxygen atoms in total. The van der Waals surface area contributed by atoms with E-state index in [0.29, 0.717) is 0 Å². The molecule has 1 aliphatic carbocycles. The molecule has 1 aliphatic rings. The number of anilines is 1. The summed E-state index contributed by atoms with van der Waals surface area (Å²) in [7, 11) is 1.61. The number of nitrogens with two attached hydrogens (primary N) is 1. The van der Waals surface area contributed by atoms with Crippen molar-refractivity contribution in [1.82, 2.24) is 15.1 Å². The minimum Gasteiger partial charge on any atom is -0.376 e. The van der Waals surface area contributed by atoms with E-state index in [2.05, 4.69) is 27.9 Å². The Morgan fingerprint density at radius 3 is 2.95 bits per heavy atom. The van der Waals surface area contributed by atoms with Crippen molar-refractivity contribution < 1.29 is 4.79 Å². The van der Waals surface area contributed by atoms with Crippen LogP contribution in [0, 0.1) is 0 Å². The number of hydrogen-bond donors (Lipinski definition) is 3. The molecule has 0 fully saturated rings. The average molecular weight is 285 g/mol. The van der Waals surface area contributed by atoms with Crippen LogP contribution >= 0.6 is 0 Å². The van der Waals surface area contributed by atoms with Crippen LogP contribution in [0.15, 0.2) is 36.7 Å². The van der Waals surface area contributed by atoms with Gasteiger partial charge in [0, 0.05) is 19.3 Å². The standard InChI is InChI=1S/C15H19N5O/c1-17-15(21)9-20-8-10(7-18-20)19-14-6-13(16)11-4-2-3-5-12(11)14/h2-5,7-8,13-14,19H,6,9,16H2,1H3,(H,17,21). The Balaban J connectivity index is 1.72. The summed E-state index contributed by atoms with van der Waals surface area (Å²) in [5, 5.41) is 10.2. The predicted molar refractivity (Wildman–Crippen MR) is 80.6 cm³/mol. The van der Waals surface area contributed by atoms with E-state index in [-0.39, 0.29) is 24.5 Å². The van der Waals surface area contributed by atoms with Gasteiger partial charge in [-0.1, -0.05) is 24.3 Å². The molecule has 0 saturated carbocycles. The number of fused-ring (bicyclic) bond motifs is 1. The molecule has 1 heterocycles. The number of rotatable bonds is 4. The molecule has 0 aliphatic heterocycles. The first kappa shape index (κ1) is 13.6. The molecule has 21 heavy (non-hydrogen) atoms. The number of carbonyl (C=O) groups excluding carboxylic acids is 1. The van der Waals surface area contributed by atoms with E-state index < -0.39 is 0 Å². The van der Waals surface area contributed by atoms with Crippen molar-refractivity contribution in [2.24, 2.45) is 5.73 Å². The van der Waals surface area contributed by atoms with Gasteiger partial charge in [0.2, 0.25) is 5.91 Å². The van der Waals surface area contributed by atoms with Gasteiger partial charge in [0.1, 0.15) is 6.54 Å². The van der Waals surface area contributed by atoms with Gasteiger partial charge in [-0.3, -0.25) is 9.48 Å². The fourth-order valence-corrected chi connectivity index (χ4v) is 2.76. The Labute approximate surface area is 123 Å². The summed E-state index contributed by atoms with van der Waals surface area (Å²) in [5.41, 5.74) is 9.50. The molecule has 3 rings (SSSR count). The lowest BCUT2D eigenvalue weighted by atomic mass is 10.1. The highest BCUT2D eigenvalue weighted by molar-refractivity contribution is 5.75. The summed E-state index contributed by atoms with van der Waals surface area (Å²) in [5.74, 6) is -0.0714. The number of amides is 1. The first-order valence-electron chi connectivity index (χ1n) is 7.01. The van der Waals surface area contributed by atoms with Crippen molar-refractivity contribution in [3.63, 3.8) is 0 Å². The highest BCUT2D eigenvalue weighted by atomic mass is 16.1. The maximum Gasteiger partial charge on any atom is 0.241 e. The Kier molecular flexibility index (Phi) is 3.62. The third kappa shape index (κ3) is 2.75. The molecule has 1 amide bonds. The van der Waals surface area contributed by atoms with Gasteiger partial charge < -0.3 is 16.4 Å². The molecule has 4 N–H and O–H groups in total. The highest BCUT2D eigenvalue weighted by Crippen LogP contribution is 2.38. The minimum absolute atomic E-state index is 0.0691. The molecule has 2 unspecified atom stereocenters. The van der Waals surface area contributed by atoms with Crippen LogP contribution < -0.4 is 16.4 Å². The molecule has 0 spiro atoms. The normalized spacial score (nSPS) is 20.1. The Morgan fingerprint density at radius 1 is 1.43 bits per heavy atom. The third-order valence-electron chi connectivity index (χ3n) is 3.82. The number of likely N-dealkylation sites (N-methyl/N-ethyl adjacent to an activating group) is 1. The van der Waals surface area contributed by atoms with Gasteiger partial charge in [0.25, 0.3) is 0 Å². The molecular formula is C15H19N5O. The molecular weight excluding hydrogens is 266 g/mol. The van der Waals surface area contributed by atoms with Crippen molar-refractivity contribution >= 4 is 11.6 Å². The van der Waals surface area contributed by atoms with Crippen LogP contribution in [0.2, 0.25) is 0 Å². The highest BCUT2D eigenvalue weighted by Gasteiger charge is 2.28. The average Bonchev–Trinajstić information content (AvgIpc) is 3.05. The van der Waals surface area contributed by atoms with Gasteiger partial charge in [-0.25, -0.2) is 0 Å². The van der Waals surface area contributed by atoms with Crippen molar-refractivity contribution in [2.45, 2.75) is 25.0 Å². The van der Waals surface area contributed by atoms with E-state index in [0.717, 1.165) is 12.1 Å². The van der Waals surface area contributed by atoms with Crippen molar-refractivity contribution in [2.75, 3.05) is 12.4 Å². The number of nitrogens with zero attached hydrogens (tertiary/aromatic N) is 2. The van der Waals surface area contributed by atoms with E-state index in [1.54, 1.807) is 17.9 Å². The molecule has 110 valence electrons. The Hall–Kier alpha value is -2.34. The van der Waals surface area contributed by atoms with E-state index in [4.69, 9.17) is 5.73 Å². The summed E-state index contributed by atoms with van der Waals surface area (Å²) in [6, 6.07) is 8.49. The van der Waals surface area contributed by atoms with Crippen LogP contribution in [0.25, 0.3) is 0 Å². The molecule has 1 aromatic carbocycles. The smallest absolute Gasteiger partial charge is 0.241 e. The number of hydrogen-bond acceptors (Lipinski definition) is 4. The molecule has 0 bridgehead atoms. The Morgan fingerprint density at radius 2 is 2.19 bits per heavy atom. The van der Waals surface area contributed by atoms with Gasteiger partial charge in [-0.2, -0.15) is 5.10 Å². The maximum absolute atomic E-state index is 11.3.